The molecule has 0 heterocycles. The van der Waals surface area contributed by atoms with Crippen molar-refractivity contribution in [1.82, 2.24) is 10.6 Å². The van der Waals surface area contributed by atoms with Crippen molar-refractivity contribution >= 4 is 21.8 Å². The van der Waals surface area contributed by atoms with Crippen LogP contribution in [0.5, 0.6) is 0 Å². The first-order chi connectivity index (χ1) is 18.4. The van der Waals surface area contributed by atoms with Crippen LogP contribution in [0.2, 0.25) is 0 Å². The molecule has 1 unspecified atom stereocenters. The number of alkyl halides is 3. The van der Waals surface area contributed by atoms with Gasteiger partial charge in [-0.05, 0) is 41.7 Å². The average Bonchev–Trinajstić information content (AvgIpc) is 3.40. The smallest absolute Gasteiger partial charge is 0.352 e. The first kappa shape index (κ1) is 28.3. The van der Waals surface area contributed by atoms with E-state index in [4.69, 9.17) is 5.14 Å². The van der Waals surface area contributed by atoms with Crippen LogP contribution in [-0.4, -0.2) is 20.2 Å². The van der Waals surface area contributed by atoms with Gasteiger partial charge in [0.2, 0.25) is 21.8 Å². The van der Waals surface area contributed by atoms with Gasteiger partial charge in [0.15, 0.2) is 0 Å². The zero-order valence-corrected chi connectivity index (χ0v) is 21.7. The summed E-state index contributed by atoms with van der Waals surface area (Å²) in [5.74, 6) is -1.95. The van der Waals surface area contributed by atoms with Gasteiger partial charge in [-0.3, -0.25) is 9.59 Å². The summed E-state index contributed by atoms with van der Waals surface area (Å²) in [6.45, 7) is -0.0833. The third-order valence-electron chi connectivity index (χ3n) is 6.89. The molecule has 2 atom stereocenters. The number of amides is 2. The maximum Gasteiger partial charge on any atom is 0.416 e. The van der Waals surface area contributed by atoms with Gasteiger partial charge in [-0.2, -0.15) is 13.2 Å². The Morgan fingerprint density at radius 2 is 1.38 bits per heavy atom. The molecule has 4 N–H and O–H groups in total. The molecule has 7 nitrogen and oxygen atoms in total. The molecule has 2 amide bonds. The van der Waals surface area contributed by atoms with Crippen LogP contribution in [0.25, 0.3) is 11.1 Å². The first-order valence-corrected chi connectivity index (χ1v) is 13.9. The van der Waals surface area contributed by atoms with Gasteiger partial charge in [0.25, 0.3) is 0 Å². The standard InChI is InChI=1S/C28H28F3N3O4S/c29-28(30,31)24-10-3-1-6-20(24)17-34-27(36)23-9-5-8-22(23)26(35)33-16-18-12-14-19(15-13-18)21-7-2-4-11-25(21)39(32,37)38/h1-4,6-7,10-15,22-23H,5,8-9,16-17H2,(H,33,35)(H,34,36)(H2,32,37,38)/t22?,23-/m1/s1. The van der Waals surface area contributed by atoms with Gasteiger partial charge in [-0.1, -0.05) is 67.1 Å². The van der Waals surface area contributed by atoms with E-state index in [2.05, 4.69) is 10.6 Å². The summed E-state index contributed by atoms with van der Waals surface area (Å²) in [6, 6.07) is 18.4. The Kier molecular flexibility index (Phi) is 8.41. The van der Waals surface area contributed by atoms with Crippen molar-refractivity contribution in [3.05, 3.63) is 89.5 Å². The molecule has 0 radical (unpaired) electrons. The highest BCUT2D eigenvalue weighted by atomic mass is 32.2. The Balaban J connectivity index is 1.36. The maximum absolute atomic E-state index is 13.2. The molecule has 1 aliphatic rings. The van der Waals surface area contributed by atoms with Crippen LogP contribution in [0.4, 0.5) is 13.2 Å². The van der Waals surface area contributed by atoms with Crippen LogP contribution >= 0.6 is 0 Å². The lowest BCUT2D eigenvalue weighted by Crippen LogP contribution is -2.39. The molecule has 0 bridgehead atoms. The largest absolute Gasteiger partial charge is 0.416 e. The molecule has 4 rings (SSSR count). The van der Waals surface area contributed by atoms with Crippen LogP contribution in [-0.2, 0) is 38.9 Å². The molecule has 1 aliphatic carbocycles. The molecule has 0 aromatic heterocycles. The number of carbonyl (C=O) groups is 2. The lowest BCUT2D eigenvalue weighted by Gasteiger charge is -2.20. The fraction of sp³-hybridized carbons (Fsp3) is 0.286. The molecular formula is C28H28F3N3O4S. The number of benzene rings is 3. The van der Waals surface area contributed by atoms with E-state index in [9.17, 15) is 31.2 Å². The molecule has 11 heteroatoms. The Bertz CT molecular complexity index is 1460. The van der Waals surface area contributed by atoms with E-state index in [0.717, 1.165) is 11.6 Å². The Morgan fingerprint density at radius 1 is 0.821 bits per heavy atom. The van der Waals surface area contributed by atoms with Gasteiger partial charge in [0.1, 0.15) is 0 Å². The number of carbonyl (C=O) groups excluding carboxylic acids is 2. The van der Waals surface area contributed by atoms with Crippen LogP contribution in [0.3, 0.4) is 0 Å². The number of rotatable bonds is 8. The van der Waals surface area contributed by atoms with Gasteiger partial charge in [0.05, 0.1) is 10.5 Å². The molecule has 0 aliphatic heterocycles. The molecule has 3 aromatic rings. The lowest BCUT2D eigenvalue weighted by molar-refractivity contribution is -0.138. The minimum Gasteiger partial charge on any atom is -0.352 e. The second-order valence-electron chi connectivity index (χ2n) is 9.47. The minimum atomic E-state index is -4.53. The van der Waals surface area contributed by atoms with E-state index in [1.807, 2.05) is 0 Å². The normalized spacial score (nSPS) is 17.5. The van der Waals surface area contributed by atoms with Crippen molar-refractivity contribution in [1.29, 1.82) is 0 Å². The highest BCUT2D eigenvalue weighted by Gasteiger charge is 2.38. The van der Waals surface area contributed by atoms with E-state index in [0.29, 0.717) is 30.4 Å². The fourth-order valence-corrected chi connectivity index (χ4v) is 5.69. The Morgan fingerprint density at radius 3 is 2.00 bits per heavy atom. The SMILES string of the molecule is NS(=O)(=O)c1ccccc1-c1ccc(CNC(=O)C2CCC[C@H]2C(=O)NCc2ccccc2C(F)(F)F)cc1. The number of nitrogens with two attached hydrogens (primary N) is 1. The zero-order chi connectivity index (χ0) is 28.2. The quantitative estimate of drug-likeness (QED) is 0.380. The van der Waals surface area contributed by atoms with E-state index in [1.54, 1.807) is 42.5 Å². The molecule has 0 saturated heterocycles. The molecule has 1 fully saturated rings. The van der Waals surface area contributed by atoms with Crippen molar-refractivity contribution in [3.63, 3.8) is 0 Å². The van der Waals surface area contributed by atoms with Crippen LogP contribution < -0.4 is 15.8 Å². The second-order valence-corrected chi connectivity index (χ2v) is 11.0. The zero-order valence-electron chi connectivity index (χ0n) is 20.9. The summed E-state index contributed by atoms with van der Waals surface area (Å²) in [4.78, 5) is 25.7. The van der Waals surface area contributed by atoms with Crippen molar-refractivity contribution in [2.75, 3.05) is 0 Å². The summed E-state index contributed by atoms with van der Waals surface area (Å²) in [7, 11) is -3.90. The number of sulfonamides is 1. The maximum atomic E-state index is 13.2. The second kappa shape index (κ2) is 11.6. The predicted octanol–water partition coefficient (Wildman–Crippen LogP) is 4.37. The topological polar surface area (TPSA) is 118 Å². The van der Waals surface area contributed by atoms with Crippen LogP contribution in [0, 0.1) is 11.8 Å². The predicted molar refractivity (Wildman–Crippen MR) is 139 cm³/mol. The molecule has 3 aromatic carbocycles. The minimum absolute atomic E-state index is 0.0125. The number of primary sulfonamides is 1. The summed E-state index contributed by atoms with van der Waals surface area (Å²) in [5.41, 5.74) is 1.04. The third-order valence-corrected chi connectivity index (χ3v) is 7.86. The number of hydrogen-bond acceptors (Lipinski definition) is 4. The Hall–Kier alpha value is -3.70. The molecule has 39 heavy (non-hydrogen) atoms. The van der Waals surface area contributed by atoms with Gasteiger partial charge in [-0.15, -0.1) is 0 Å². The lowest BCUT2D eigenvalue weighted by atomic mass is 9.94. The number of halogens is 3. The molecule has 1 saturated carbocycles. The van der Waals surface area contributed by atoms with Crippen molar-refractivity contribution in [3.8, 4) is 11.1 Å². The fourth-order valence-electron chi connectivity index (χ4n) is 4.93. The third kappa shape index (κ3) is 6.85. The highest BCUT2D eigenvalue weighted by molar-refractivity contribution is 7.89. The molecule has 206 valence electrons. The first-order valence-electron chi connectivity index (χ1n) is 12.4. The van der Waals surface area contributed by atoms with Gasteiger partial charge < -0.3 is 10.6 Å². The van der Waals surface area contributed by atoms with Crippen molar-refractivity contribution in [2.24, 2.45) is 17.0 Å². The van der Waals surface area contributed by atoms with Gasteiger partial charge >= 0.3 is 6.18 Å². The summed E-state index contributed by atoms with van der Waals surface area (Å²) in [5, 5.41) is 10.7. The molecule has 0 spiro atoms. The van der Waals surface area contributed by atoms with Crippen LogP contribution in [0.1, 0.15) is 36.0 Å². The Labute approximate surface area is 224 Å². The summed E-state index contributed by atoms with van der Waals surface area (Å²) in [6.07, 6.45) is -2.89. The summed E-state index contributed by atoms with van der Waals surface area (Å²) >= 11 is 0. The van der Waals surface area contributed by atoms with E-state index in [1.165, 1.54) is 24.3 Å². The van der Waals surface area contributed by atoms with Gasteiger partial charge in [0, 0.05) is 30.5 Å². The monoisotopic (exact) mass is 559 g/mol. The van der Waals surface area contributed by atoms with Gasteiger partial charge in [-0.25, -0.2) is 13.6 Å². The van der Waals surface area contributed by atoms with Crippen molar-refractivity contribution < 1.29 is 31.2 Å². The highest BCUT2D eigenvalue weighted by Crippen LogP contribution is 2.34. The average molecular weight is 560 g/mol. The number of nitrogens with one attached hydrogen (secondary N) is 2. The van der Waals surface area contributed by atoms with E-state index in [-0.39, 0.29) is 29.5 Å². The number of hydrogen-bond donors (Lipinski definition) is 3. The summed E-state index contributed by atoms with van der Waals surface area (Å²) < 4.78 is 63.5. The van der Waals surface area contributed by atoms with E-state index < -0.39 is 39.5 Å². The van der Waals surface area contributed by atoms with Crippen molar-refractivity contribution in [2.45, 2.75) is 43.4 Å². The molecular weight excluding hydrogens is 531 g/mol. The van der Waals surface area contributed by atoms with Crippen LogP contribution in [0.15, 0.2) is 77.7 Å². The van der Waals surface area contributed by atoms with E-state index >= 15 is 0 Å².